The topological polar surface area (TPSA) is 20.2 Å². The molecule has 0 aliphatic heterocycles. The molecule has 4 saturated carbocycles. The average molecular weight is 375 g/mol. The van der Waals surface area contributed by atoms with Gasteiger partial charge in [-0.05, 0) is 105 Å². The molecule has 0 saturated heterocycles. The van der Waals surface area contributed by atoms with Crippen molar-refractivity contribution in [2.24, 2.45) is 40.4 Å². The zero-order valence-corrected chi connectivity index (χ0v) is 18.7. The maximum absolute atomic E-state index is 9.42. The van der Waals surface area contributed by atoms with Gasteiger partial charge in [0, 0.05) is 6.42 Å². The predicted octanol–water partition coefficient (Wildman–Crippen LogP) is 8.30. The van der Waals surface area contributed by atoms with Gasteiger partial charge in [0.15, 0.2) is 0 Å². The van der Waals surface area contributed by atoms with E-state index < -0.39 is 0 Å². The third-order valence-electron chi connectivity index (χ3n) is 9.80. The molecule has 27 heavy (non-hydrogen) atoms. The Morgan fingerprint density at radius 2 is 1.63 bits per heavy atom. The van der Waals surface area contributed by atoms with Crippen LogP contribution in [-0.4, -0.2) is 5.11 Å². The standard InChI is InChI=1S/C24H40O.C2H6/c1-17(25)7-6-9-19-11-13-21-20-12-10-18-8-4-5-15-23(18,2)22(20)14-16-24(19,21)3;1-2/h18-22,25H,1,4-16H2,2-3H3;1-2H3/t18?,19-,20?,21?,22?,23-,24+;/m0./s1. The summed E-state index contributed by atoms with van der Waals surface area (Å²) in [5, 5.41) is 9.42. The van der Waals surface area contributed by atoms with Crippen LogP contribution >= 0.6 is 0 Å². The van der Waals surface area contributed by atoms with E-state index in [2.05, 4.69) is 20.4 Å². The molecule has 1 nitrogen and oxygen atoms in total. The van der Waals surface area contributed by atoms with Gasteiger partial charge in [0.2, 0.25) is 0 Å². The molecule has 4 unspecified atom stereocenters. The summed E-state index contributed by atoms with van der Waals surface area (Å²) in [6.45, 7) is 13.0. The van der Waals surface area contributed by atoms with Crippen molar-refractivity contribution in [3.63, 3.8) is 0 Å². The van der Waals surface area contributed by atoms with Gasteiger partial charge in [-0.3, -0.25) is 0 Å². The molecule has 4 aliphatic rings. The van der Waals surface area contributed by atoms with Crippen molar-refractivity contribution < 1.29 is 5.11 Å². The summed E-state index contributed by atoms with van der Waals surface area (Å²) < 4.78 is 0. The molecule has 0 heterocycles. The van der Waals surface area contributed by atoms with E-state index in [1.165, 1.54) is 70.6 Å². The Balaban J connectivity index is 0.00000102. The molecule has 0 aromatic rings. The number of rotatable bonds is 4. The van der Waals surface area contributed by atoms with Crippen LogP contribution in [0, 0.1) is 40.4 Å². The van der Waals surface area contributed by atoms with Crippen molar-refractivity contribution in [3.8, 4) is 0 Å². The van der Waals surface area contributed by atoms with Crippen LogP contribution in [-0.2, 0) is 0 Å². The maximum atomic E-state index is 9.42. The fourth-order valence-corrected chi connectivity index (χ4v) is 8.43. The number of fused-ring (bicyclic) bond motifs is 5. The minimum atomic E-state index is 0.381. The normalized spacial score (nSPS) is 45.7. The van der Waals surface area contributed by atoms with Crippen molar-refractivity contribution in [2.75, 3.05) is 0 Å². The van der Waals surface area contributed by atoms with Crippen LogP contribution in [0.5, 0.6) is 0 Å². The van der Waals surface area contributed by atoms with Crippen molar-refractivity contribution in [3.05, 3.63) is 12.3 Å². The van der Waals surface area contributed by atoms with Gasteiger partial charge in [0.05, 0.1) is 5.76 Å². The minimum absolute atomic E-state index is 0.381. The van der Waals surface area contributed by atoms with Gasteiger partial charge in [0.1, 0.15) is 0 Å². The molecule has 0 bridgehead atoms. The summed E-state index contributed by atoms with van der Waals surface area (Å²) >= 11 is 0. The lowest BCUT2D eigenvalue weighted by atomic mass is 9.45. The Bertz CT molecular complexity index is 510. The van der Waals surface area contributed by atoms with E-state index in [0.29, 0.717) is 16.6 Å². The van der Waals surface area contributed by atoms with Gasteiger partial charge in [-0.1, -0.05) is 47.1 Å². The van der Waals surface area contributed by atoms with Crippen LogP contribution in [0.2, 0.25) is 0 Å². The average Bonchev–Trinajstić information content (AvgIpc) is 2.99. The number of allylic oxidation sites excluding steroid dienone is 1. The van der Waals surface area contributed by atoms with Gasteiger partial charge in [-0.25, -0.2) is 0 Å². The van der Waals surface area contributed by atoms with Crippen molar-refractivity contribution in [1.29, 1.82) is 0 Å². The van der Waals surface area contributed by atoms with Gasteiger partial charge >= 0.3 is 0 Å². The quantitative estimate of drug-likeness (QED) is 0.490. The summed E-state index contributed by atoms with van der Waals surface area (Å²) in [7, 11) is 0. The number of hydrogen-bond donors (Lipinski definition) is 1. The smallest absolute Gasteiger partial charge is 0.0851 e. The van der Waals surface area contributed by atoms with Gasteiger partial charge < -0.3 is 5.11 Å². The molecule has 0 aromatic carbocycles. The first-order valence-electron chi connectivity index (χ1n) is 12.3. The molecule has 4 fully saturated rings. The van der Waals surface area contributed by atoms with E-state index in [9.17, 15) is 5.11 Å². The molecule has 4 aliphatic carbocycles. The highest BCUT2D eigenvalue weighted by Crippen LogP contribution is 2.67. The summed E-state index contributed by atoms with van der Waals surface area (Å²) in [5.41, 5.74) is 1.27. The van der Waals surface area contributed by atoms with E-state index >= 15 is 0 Å². The number of hydrogen-bond acceptors (Lipinski definition) is 1. The zero-order chi connectivity index (χ0) is 19.7. The first-order valence-corrected chi connectivity index (χ1v) is 12.3. The van der Waals surface area contributed by atoms with Crippen LogP contribution in [0.1, 0.15) is 111 Å². The van der Waals surface area contributed by atoms with E-state index in [-0.39, 0.29) is 0 Å². The molecule has 0 aromatic heterocycles. The minimum Gasteiger partial charge on any atom is -0.513 e. The molecule has 4 rings (SSSR count). The fraction of sp³-hybridized carbons (Fsp3) is 0.923. The van der Waals surface area contributed by atoms with E-state index in [1.807, 2.05) is 13.8 Å². The maximum Gasteiger partial charge on any atom is 0.0851 e. The highest BCUT2D eigenvalue weighted by Gasteiger charge is 2.59. The third kappa shape index (κ3) is 3.74. The lowest BCUT2D eigenvalue weighted by molar-refractivity contribution is -0.111. The molecular weight excluding hydrogens is 328 g/mol. The van der Waals surface area contributed by atoms with Crippen molar-refractivity contribution in [2.45, 2.75) is 111 Å². The lowest BCUT2D eigenvalue weighted by Gasteiger charge is -2.60. The number of aliphatic hydroxyl groups is 1. The Kier molecular flexibility index (Phi) is 6.69. The van der Waals surface area contributed by atoms with Crippen LogP contribution < -0.4 is 0 Å². The summed E-state index contributed by atoms with van der Waals surface area (Å²) in [6, 6.07) is 0. The van der Waals surface area contributed by atoms with Crippen molar-refractivity contribution in [1.82, 2.24) is 0 Å². The molecular formula is C26H46O. The predicted molar refractivity (Wildman–Crippen MR) is 117 cm³/mol. The molecule has 0 amide bonds. The molecule has 1 heteroatoms. The highest BCUT2D eigenvalue weighted by molar-refractivity contribution is 5.08. The van der Waals surface area contributed by atoms with E-state index in [1.54, 1.807) is 0 Å². The lowest BCUT2D eigenvalue weighted by Crippen LogP contribution is -2.52. The van der Waals surface area contributed by atoms with Crippen LogP contribution in [0.25, 0.3) is 0 Å². The second-order valence-corrected chi connectivity index (χ2v) is 10.7. The third-order valence-corrected chi connectivity index (χ3v) is 9.80. The molecule has 156 valence electrons. The Hall–Kier alpha value is -0.460. The molecule has 0 spiro atoms. The van der Waals surface area contributed by atoms with Gasteiger partial charge in [0.25, 0.3) is 0 Å². The number of aliphatic hydroxyl groups excluding tert-OH is 1. The summed E-state index contributed by atoms with van der Waals surface area (Å²) in [4.78, 5) is 0. The Labute approximate surface area is 169 Å². The monoisotopic (exact) mass is 374 g/mol. The summed E-state index contributed by atoms with van der Waals surface area (Å²) in [5.74, 6) is 5.37. The van der Waals surface area contributed by atoms with E-state index in [4.69, 9.17) is 0 Å². The van der Waals surface area contributed by atoms with E-state index in [0.717, 1.165) is 42.4 Å². The molecule has 0 radical (unpaired) electrons. The first-order chi connectivity index (χ1) is 12.9. The van der Waals surface area contributed by atoms with Gasteiger partial charge in [-0.2, -0.15) is 0 Å². The van der Waals surface area contributed by atoms with Crippen LogP contribution in [0.15, 0.2) is 12.3 Å². The van der Waals surface area contributed by atoms with Crippen molar-refractivity contribution >= 4 is 0 Å². The van der Waals surface area contributed by atoms with Crippen LogP contribution in [0.4, 0.5) is 0 Å². The fourth-order valence-electron chi connectivity index (χ4n) is 8.43. The molecule has 7 atom stereocenters. The Morgan fingerprint density at radius 3 is 2.37 bits per heavy atom. The van der Waals surface area contributed by atoms with Gasteiger partial charge in [-0.15, -0.1) is 0 Å². The SMILES string of the molecule is C=C(O)CCC[C@H]1CCC2C3CCC4CCCC[C@]4(C)C3CC[C@@]21C.CC. The highest BCUT2D eigenvalue weighted by atomic mass is 16.3. The zero-order valence-electron chi connectivity index (χ0n) is 18.7. The first kappa shape index (κ1) is 21.3. The second-order valence-electron chi connectivity index (χ2n) is 10.7. The Morgan fingerprint density at radius 1 is 0.889 bits per heavy atom. The molecule has 1 N–H and O–H groups in total. The summed E-state index contributed by atoms with van der Waals surface area (Å²) in [6.07, 6.45) is 18.3. The van der Waals surface area contributed by atoms with Crippen LogP contribution in [0.3, 0.4) is 0 Å². The largest absolute Gasteiger partial charge is 0.513 e. The second kappa shape index (κ2) is 8.50.